The molecule has 0 saturated carbocycles. The Balaban J connectivity index is 2.81. The van der Waals surface area contributed by atoms with E-state index in [-0.39, 0.29) is 0 Å². The molecule has 0 aromatic carbocycles. The number of halogens is 1. The van der Waals surface area contributed by atoms with Crippen LogP contribution < -0.4 is 0 Å². The van der Waals surface area contributed by atoms with Crippen LogP contribution in [0, 0.1) is 0 Å². The molecule has 1 aliphatic heterocycles. The monoisotopic (exact) mass is 368 g/mol. The Morgan fingerprint density at radius 1 is 1.70 bits per heavy atom. The van der Waals surface area contributed by atoms with Crippen molar-refractivity contribution in [3.63, 3.8) is 0 Å². The van der Waals surface area contributed by atoms with Crippen molar-refractivity contribution < 1.29 is 9.90 Å². The summed E-state index contributed by atoms with van der Waals surface area (Å²) in [4.78, 5) is 10.5. The molecule has 0 aromatic rings. The number of carboxylic acids is 1. The van der Waals surface area contributed by atoms with Crippen molar-refractivity contribution >= 4 is 40.3 Å². The van der Waals surface area contributed by atoms with Crippen molar-refractivity contribution in [2.24, 2.45) is 0 Å². The van der Waals surface area contributed by atoms with Crippen LogP contribution in [-0.4, -0.2) is 26.7 Å². The van der Waals surface area contributed by atoms with E-state index >= 15 is 0 Å². The molecule has 0 bridgehead atoms. The number of hydrogen-bond acceptors (Lipinski definition) is 1. The molecular formula is C6H7IO2Te. The zero-order valence-corrected chi connectivity index (χ0v) is 10.0. The normalized spacial score (nSPS) is 27.6. The Morgan fingerprint density at radius 3 is 2.50 bits per heavy atom. The molecular weight excluding hydrogens is 359 g/mol. The first-order valence-electron chi connectivity index (χ1n) is 2.70. The summed E-state index contributed by atoms with van der Waals surface area (Å²) in [5.74, 6) is -0.731. The van der Waals surface area contributed by atoms with E-state index < -0.39 is 21.6 Å². The summed E-state index contributed by atoms with van der Waals surface area (Å²) < 4.78 is 1.96. The average molecular weight is 366 g/mol. The fourth-order valence-corrected chi connectivity index (χ4v) is 6.95. The van der Waals surface area contributed by atoms with Gasteiger partial charge in [0.15, 0.2) is 0 Å². The Kier molecular flexibility index (Phi) is 2.78. The fraction of sp³-hybridized carbons (Fsp3) is 0.167. The van der Waals surface area contributed by atoms with E-state index in [0.29, 0.717) is 3.62 Å². The number of allylic oxidation sites excluding steroid dienone is 3. The third kappa shape index (κ3) is 1.55. The van der Waals surface area contributed by atoms with Gasteiger partial charge in [0.25, 0.3) is 0 Å². The molecule has 0 aromatic heterocycles. The van der Waals surface area contributed by atoms with Crippen LogP contribution in [0.4, 0.5) is 0 Å². The van der Waals surface area contributed by atoms with Gasteiger partial charge in [-0.1, -0.05) is 0 Å². The van der Waals surface area contributed by atoms with Gasteiger partial charge in [-0.2, -0.15) is 0 Å². The predicted octanol–water partition coefficient (Wildman–Crippen LogP) is 1.19. The summed E-state index contributed by atoms with van der Waals surface area (Å²) in [5, 5.41) is 8.64. The second-order valence-corrected chi connectivity index (χ2v) is 13.4. The molecule has 0 radical (unpaired) electrons. The van der Waals surface area contributed by atoms with E-state index in [2.05, 4.69) is 18.7 Å². The zero-order chi connectivity index (χ0) is 7.72. The summed E-state index contributed by atoms with van der Waals surface area (Å²) in [6.45, 7) is 2.02. The number of rotatable bonds is 1. The van der Waals surface area contributed by atoms with Crippen LogP contribution in [0.2, 0.25) is 0 Å². The van der Waals surface area contributed by atoms with E-state index in [1.807, 2.05) is 13.0 Å². The molecule has 0 fully saturated rings. The number of carboxylic acid groups (broad SMARTS) is 1. The molecule has 2 nitrogen and oxygen atoms in total. The molecule has 1 aliphatic rings. The van der Waals surface area contributed by atoms with Crippen molar-refractivity contribution in [1.82, 2.24) is 0 Å². The van der Waals surface area contributed by atoms with Gasteiger partial charge in [0, 0.05) is 0 Å². The molecule has 0 spiro atoms. The summed E-state index contributed by atoms with van der Waals surface area (Å²) in [7, 11) is 0. The number of aliphatic carboxylic acids is 1. The van der Waals surface area contributed by atoms with E-state index in [4.69, 9.17) is 5.11 Å². The Bertz CT molecular complexity index is 232. The predicted molar refractivity (Wildman–Crippen MR) is 50.6 cm³/mol. The SMILES string of the molecule is CC1=CC=C(C(=O)O)[TeH]1I. The first-order chi connectivity index (χ1) is 4.63. The van der Waals surface area contributed by atoms with Crippen LogP contribution >= 0.6 is 18.7 Å². The summed E-state index contributed by atoms with van der Waals surface area (Å²) >= 11 is 0.665. The van der Waals surface area contributed by atoms with E-state index in [0.717, 1.165) is 0 Å². The number of carbonyl (C=O) groups is 1. The van der Waals surface area contributed by atoms with Gasteiger partial charge in [-0.25, -0.2) is 0 Å². The van der Waals surface area contributed by atoms with Crippen molar-refractivity contribution in [3.05, 3.63) is 19.4 Å². The third-order valence-electron chi connectivity index (χ3n) is 1.22. The van der Waals surface area contributed by atoms with Crippen LogP contribution in [0.3, 0.4) is 0 Å². The molecule has 1 rings (SSSR count). The average Bonchev–Trinajstić information content (AvgIpc) is 2.14. The third-order valence-corrected chi connectivity index (χ3v) is 14.2. The molecule has 4 heteroatoms. The minimum absolute atomic E-state index is 0.668. The van der Waals surface area contributed by atoms with Crippen molar-refractivity contribution in [3.8, 4) is 0 Å². The molecule has 1 unspecified atom stereocenters. The van der Waals surface area contributed by atoms with E-state index in [9.17, 15) is 4.79 Å². The van der Waals surface area contributed by atoms with Gasteiger partial charge in [0.05, 0.1) is 0 Å². The van der Waals surface area contributed by atoms with Crippen molar-refractivity contribution in [1.29, 1.82) is 0 Å². The molecule has 1 atom stereocenters. The second kappa shape index (κ2) is 3.24. The maximum atomic E-state index is 10.5. The Labute approximate surface area is 75.9 Å². The van der Waals surface area contributed by atoms with E-state index in [1.165, 1.54) is 3.62 Å². The molecule has 0 aliphatic carbocycles. The van der Waals surface area contributed by atoms with Crippen LogP contribution in [0.15, 0.2) is 19.4 Å². The zero-order valence-electron chi connectivity index (χ0n) is 5.34. The van der Waals surface area contributed by atoms with Crippen molar-refractivity contribution in [2.75, 3.05) is 0 Å². The van der Waals surface area contributed by atoms with Gasteiger partial charge in [-0.15, -0.1) is 0 Å². The van der Waals surface area contributed by atoms with Gasteiger partial charge in [0.2, 0.25) is 0 Å². The van der Waals surface area contributed by atoms with E-state index in [1.54, 1.807) is 6.08 Å². The van der Waals surface area contributed by atoms with Crippen LogP contribution in [0.1, 0.15) is 6.92 Å². The summed E-state index contributed by atoms with van der Waals surface area (Å²) in [6.07, 6.45) is 3.67. The fourth-order valence-electron chi connectivity index (χ4n) is 0.676. The first kappa shape index (κ1) is 8.57. The molecule has 56 valence electrons. The van der Waals surface area contributed by atoms with Crippen LogP contribution in [-0.2, 0) is 4.79 Å². The Hall–Kier alpha value is 0.470. The van der Waals surface area contributed by atoms with Crippen LogP contribution in [0.5, 0.6) is 0 Å². The van der Waals surface area contributed by atoms with Gasteiger partial charge in [-0.3, -0.25) is 0 Å². The maximum absolute atomic E-state index is 10.5. The van der Waals surface area contributed by atoms with Gasteiger partial charge >= 0.3 is 76.5 Å². The van der Waals surface area contributed by atoms with Gasteiger partial charge < -0.3 is 0 Å². The molecule has 10 heavy (non-hydrogen) atoms. The topological polar surface area (TPSA) is 37.3 Å². The summed E-state index contributed by atoms with van der Waals surface area (Å²) in [5.41, 5.74) is 0. The molecule has 1 heterocycles. The molecule has 0 saturated heterocycles. The quantitative estimate of drug-likeness (QED) is 0.560. The summed E-state index contributed by atoms with van der Waals surface area (Å²) in [6, 6.07) is 0. The van der Waals surface area contributed by atoms with Crippen LogP contribution in [0.25, 0.3) is 0 Å². The molecule has 1 N–H and O–H groups in total. The standard InChI is InChI=1S/C6H7IO2Te/c1-4-2-3-5(6(8)9)10(4)7/h2-3,10H,1H3,(H,8,9). The van der Waals surface area contributed by atoms with Gasteiger partial charge in [0.1, 0.15) is 0 Å². The minimum atomic E-state index is -1.64. The Morgan fingerprint density at radius 2 is 2.30 bits per heavy atom. The second-order valence-electron chi connectivity index (χ2n) is 1.95. The molecule has 0 amide bonds. The van der Waals surface area contributed by atoms with Crippen molar-refractivity contribution in [2.45, 2.75) is 6.92 Å². The first-order valence-corrected chi connectivity index (χ1v) is 12.7. The van der Waals surface area contributed by atoms with Gasteiger partial charge in [-0.05, 0) is 0 Å². The number of hydrogen-bond donors (Lipinski definition) is 1.